The van der Waals surface area contributed by atoms with Crippen LogP contribution < -0.4 is 16.0 Å². The minimum absolute atomic E-state index is 0.246. The van der Waals surface area contributed by atoms with Crippen LogP contribution in [0.1, 0.15) is 6.42 Å². The Balaban J connectivity index is 1.51. The minimum atomic E-state index is -1.08. The lowest BCUT2D eigenvalue weighted by molar-refractivity contribution is 0.0899. The summed E-state index contributed by atoms with van der Waals surface area (Å²) in [6.07, 6.45) is 4.59. The Morgan fingerprint density at radius 1 is 1.44 bits per heavy atom. The van der Waals surface area contributed by atoms with Crippen LogP contribution in [0.2, 0.25) is 25.7 Å². The topological polar surface area (TPSA) is 93.1 Å². The standard InChI is InChI=1S/C18H30N6O2Si/c1-27(2,3)9-8-26-13-24-7-5-15-17(24)20-12-16(22-15)23-18(25)21-11-14-4-6-19-10-14/h5,7,12,14,19H,4,6,8-11,13H2,1-3H3,(H2,21,22,23,25). The minimum Gasteiger partial charge on any atom is -0.361 e. The first-order chi connectivity index (χ1) is 12.9. The Morgan fingerprint density at radius 2 is 2.30 bits per heavy atom. The van der Waals surface area contributed by atoms with Gasteiger partial charge in [-0.25, -0.2) is 14.8 Å². The number of carbonyl (C=O) groups excluding carboxylic acids is 1. The van der Waals surface area contributed by atoms with E-state index in [4.69, 9.17) is 4.74 Å². The molecule has 1 fully saturated rings. The molecule has 0 spiro atoms. The van der Waals surface area contributed by atoms with E-state index in [1.807, 2.05) is 16.8 Å². The molecule has 0 aliphatic carbocycles. The smallest absolute Gasteiger partial charge is 0.320 e. The summed E-state index contributed by atoms with van der Waals surface area (Å²) < 4.78 is 7.72. The second-order valence-corrected chi connectivity index (χ2v) is 13.9. The predicted octanol–water partition coefficient (Wildman–Crippen LogP) is 2.47. The SMILES string of the molecule is C[Si](C)(C)CCOCn1ccc2nc(NC(=O)NCC3CCNC3)cnc21. The molecule has 2 amide bonds. The number of amides is 2. The van der Waals surface area contributed by atoms with E-state index in [-0.39, 0.29) is 6.03 Å². The molecule has 0 radical (unpaired) electrons. The van der Waals surface area contributed by atoms with Crippen molar-refractivity contribution in [3.8, 4) is 0 Å². The molecule has 3 rings (SSSR count). The first-order valence-electron chi connectivity index (χ1n) is 9.56. The van der Waals surface area contributed by atoms with E-state index in [9.17, 15) is 4.79 Å². The largest absolute Gasteiger partial charge is 0.361 e. The molecule has 1 aliphatic rings. The second-order valence-electron chi connectivity index (χ2n) is 8.29. The quantitative estimate of drug-likeness (QED) is 0.476. The van der Waals surface area contributed by atoms with Crippen LogP contribution in [0.15, 0.2) is 18.5 Å². The molecule has 1 unspecified atom stereocenters. The van der Waals surface area contributed by atoms with Gasteiger partial charge in [-0.2, -0.15) is 0 Å². The van der Waals surface area contributed by atoms with Gasteiger partial charge in [0.25, 0.3) is 0 Å². The highest BCUT2D eigenvalue weighted by molar-refractivity contribution is 6.76. The lowest BCUT2D eigenvalue weighted by Crippen LogP contribution is -2.34. The number of ether oxygens (including phenoxy) is 1. The Kier molecular flexibility index (Phi) is 6.45. The maximum absolute atomic E-state index is 12.0. The number of aromatic nitrogens is 3. The Hall–Kier alpha value is -1.97. The number of hydrogen-bond acceptors (Lipinski definition) is 5. The lowest BCUT2D eigenvalue weighted by atomic mass is 10.1. The first kappa shape index (κ1) is 19.8. The summed E-state index contributed by atoms with van der Waals surface area (Å²) in [5, 5.41) is 8.94. The number of rotatable bonds is 8. The average Bonchev–Trinajstić information content (AvgIpc) is 3.26. The molecular weight excluding hydrogens is 360 g/mol. The Morgan fingerprint density at radius 3 is 3.04 bits per heavy atom. The first-order valence-corrected chi connectivity index (χ1v) is 13.3. The zero-order chi connectivity index (χ0) is 19.3. The van der Waals surface area contributed by atoms with Gasteiger partial charge in [0.1, 0.15) is 12.2 Å². The molecule has 3 N–H and O–H groups in total. The molecule has 0 saturated carbocycles. The molecule has 9 heteroatoms. The van der Waals surface area contributed by atoms with Crippen LogP contribution in [0.25, 0.3) is 11.2 Å². The zero-order valence-electron chi connectivity index (χ0n) is 16.4. The summed E-state index contributed by atoms with van der Waals surface area (Å²) in [7, 11) is -1.08. The summed E-state index contributed by atoms with van der Waals surface area (Å²) in [6.45, 7) is 10.9. The molecule has 27 heavy (non-hydrogen) atoms. The summed E-state index contributed by atoms with van der Waals surface area (Å²) in [6, 6.07) is 2.78. The molecule has 2 aromatic rings. The molecule has 0 bridgehead atoms. The highest BCUT2D eigenvalue weighted by Crippen LogP contribution is 2.15. The molecule has 8 nitrogen and oxygen atoms in total. The lowest BCUT2D eigenvalue weighted by Gasteiger charge is -2.15. The van der Waals surface area contributed by atoms with Crippen molar-refractivity contribution in [1.29, 1.82) is 0 Å². The number of anilines is 1. The van der Waals surface area contributed by atoms with E-state index in [2.05, 4.69) is 45.6 Å². The third-order valence-electron chi connectivity index (χ3n) is 4.65. The number of carbonyl (C=O) groups is 1. The molecular formula is C18H30N6O2Si. The van der Waals surface area contributed by atoms with E-state index >= 15 is 0 Å². The van der Waals surface area contributed by atoms with Gasteiger partial charge in [-0.1, -0.05) is 19.6 Å². The normalized spacial score (nSPS) is 17.4. The fourth-order valence-electron chi connectivity index (χ4n) is 2.95. The fraction of sp³-hybridized carbons (Fsp3) is 0.611. The van der Waals surface area contributed by atoms with Gasteiger partial charge in [-0.05, 0) is 37.5 Å². The van der Waals surface area contributed by atoms with Gasteiger partial charge in [0.15, 0.2) is 11.5 Å². The number of nitrogens with one attached hydrogen (secondary N) is 3. The molecule has 1 saturated heterocycles. The van der Waals surface area contributed by atoms with Crippen LogP contribution in [-0.4, -0.2) is 54.9 Å². The Labute approximate surface area is 161 Å². The number of hydrogen-bond donors (Lipinski definition) is 3. The van der Waals surface area contributed by atoms with E-state index in [0.29, 0.717) is 25.0 Å². The third-order valence-corrected chi connectivity index (χ3v) is 6.35. The van der Waals surface area contributed by atoms with Crippen LogP contribution in [0.3, 0.4) is 0 Å². The number of urea groups is 1. The zero-order valence-corrected chi connectivity index (χ0v) is 17.4. The highest BCUT2D eigenvalue weighted by atomic mass is 28.3. The maximum atomic E-state index is 12.0. The van der Waals surface area contributed by atoms with Crippen LogP contribution in [0.5, 0.6) is 0 Å². The van der Waals surface area contributed by atoms with E-state index in [0.717, 1.165) is 43.3 Å². The van der Waals surface area contributed by atoms with E-state index in [1.165, 1.54) is 0 Å². The molecule has 148 valence electrons. The predicted molar refractivity (Wildman–Crippen MR) is 110 cm³/mol. The number of fused-ring (bicyclic) bond motifs is 1. The molecule has 0 aromatic carbocycles. The van der Waals surface area contributed by atoms with Crippen molar-refractivity contribution in [1.82, 2.24) is 25.2 Å². The van der Waals surface area contributed by atoms with E-state index in [1.54, 1.807) is 6.20 Å². The molecule has 2 aromatic heterocycles. The summed E-state index contributed by atoms with van der Waals surface area (Å²) >= 11 is 0. The molecule has 1 atom stereocenters. The highest BCUT2D eigenvalue weighted by Gasteiger charge is 2.16. The van der Waals surface area contributed by atoms with Crippen molar-refractivity contribution in [2.75, 3.05) is 31.6 Å². The third kappa shape index (κ3) is 6.01. The van der Waals surface area contributed by atoms with Crippen molar-refractivity contribution < 1.29 is 9.53 Å². The van der Waals surface area contributed by atoms with Crippen LogP contribution in [-0.2, 0) is 11.5 Å². The monoisotopic (exact) mass is 390 g/mol. The van der Waals surface area contributed by atoms with Crippen LogP contribution in [0.4, 0.5) is 10.6 Å². The van der Waals surface area contributed by atoms with Crippen molar-refractivity contribution in [3.05, 3.63) is 18.5 Å². The van der Waals surface area contributed by atoms with Crippen molar-refractivity contribution in [2.24, 2.45) is 5.92 Å². The van der Waals surface area contributed by atoms with E-state index < -0.39 is 8.07 Å². The van der Waals surface area contributed by atoms with Gasteiger partial charge < -0.3 is 19.9 Å². The average molecular weight is 391 g/mol. The van der Waals surface area contributed by atoms with Gasteiger partial charge in [-0.3, -0.25) is 5.32 Å². The van der Waals surface area contributed by atoms with Gasteiger partial charge in [-0.15, -0.1) is 0 Å². The van der Waals surface area contributed by atoms with Crippen molar-refractivity contribution >= 4 is 31.1 Å². The van der Waals surface area contributed by atoms with Gasteiger partial charge in [0.05, 0.1) is 6.20 Å². The van der Waals surface area contributed by atoms with Crippen LogP contribution >= 0.6 is 0 Å². The fourth-order valence-corrected chi connectivity index (χ4v) is 3.71. The summed E-state index contributed by atoms with van der Waals surface area (Å²) in [4.78, 5) is 20.9. The van der Waals surface area contributed by atoms with Gasteiger partial charge in [0.2, 0.25) is 0 Å². The summed E-state index contributed by atoms with van der Waals surface area (Å²) in [5.41, 5.74) is 1.49. The van der Waals surface area contributed by atoms with Gasteiger partial charge in [0, 0.05) is 27.4 Å². The van der Waals surface area contributed by atoms with Crippen molar-refractivity contribution in [2.45, 2.75) is 38.8 Å². The maximum Gasteiger partial charge on any atom is 0.320 e. The Bertz CT molecular complexity index is 767. The molecule has 3 heterocycles. The van der Waals surface area contributed by atoms with Crippen LogP contribution in [0, 0.1) is 5.92 Å². The second kappa shape index (κ2) is 8.81. The molecule has 1 aliphatic heterocycles. The number of nitrogens with zero attached hydrogens (tertiary/aromatic N) is 3. The summed E-state index contributed by atoms with van der Waals surface area (Å²) in [5.74, 6) is 0.946. The van der Waals surface area contributed by atoms with Gasteiger partial charge >= 0.3 is 6.03 Å². The van der Waals surface area contributed by atoms with Crippen molar-refractivity contribution in [3.63, 3.8) is 0 Å².